The predicted octanol–water partition coefficient (Wildman–Crippen LogP) is 2.93. The van der Waals surface area contributed by atoms with Gasteiger partial charge in [-0.1, -0.05) is 24.6 Å². The Morgan fingerprint density at radius 3 is 2.59 bits per heavy atom. The molecular formula is C13H19ClN2O. The molecule has 1 atom stereocenters. The third-order valence-electron chi connectivity index (χ3n) is 2.75. The smallest absolute Gasteiger partial charge is 0.241 e. The van der Waals surface area contributed by atoms with Crippen LogP contribution in [-0.2, 0) is 4.79 Å². The SMILES string of the molecule is CC[C@H](C(=O)Nc1ccc(C)c(Cl)c1)N(C)C. The van der Waals surface area contributed by atoms with Gasteiger partial charge in [0.25, 0.3) is 0 Å². The number of hydrogen-bond donors (Lipinski definition) is 1. The maximum Gasteiger partial charge on any atom is 0.241 e. The number of anilines is 1. The number of nitrogens with one attached hydrogen (secondary N) is 1. The molecule has 0 aliphatic rings. The van der Waals surface area contributed by atoms with Crippen LogP contribution in [0.25, 0.3) is 0 Å². The van der Waals surface area contributed by atoms with Crippen molar-refractivity contribution in [3.63, 3.8) is 0 Å². The maximum absolute atomic E-state index is 12.0. The second kappa shape index (κ2) is 6.03. The average molecular weight is 255 g/mol. The summed E-state index contributed by atoms with van der Waals surface area (Å²) in [5, 5.41) is 3.54. The van der Waals surface area contributed by atoms with E-state index in [9.17, 15) is 4.79 Å². The summed E-state index contributed by atoms with van der Waals surface area (Å²) in [6.07, 6.45) is 0.776. The van der Waals surface area contributed by atoms with Crippen molar-refractivity contribution in [2.24, 2.45) is 0 Å². The van der Waals surface area contributed by atoms with Gasteiger partial charge in [0.1, 0.15) is 0 Å². The predicted molar refractivity (Wildman–Crippen MR) is 72.6 cm³/mol. The number of amides is 1. The van der Waals surface area contributed by atoms with E-state index in [4.69, 9.17) is 11.6 Å². The van der Waals surface area contributed by atoms with Gasteiger partial charge in [0, 0.05) is 10.7 Å². The first-order valence-electron chi connectivity index (χ1n) is 5.69. The van der Waals surface area contributed by atoms with Gasteiger partial charge in [-0.3, -0.25) is 9.69 Å². The summed E-state index contributed by atoms with van der Waals surface area (Å²) < 4.78 is 0. The molecule has 0 fully saturated rings. The van der Waals surface area contributed by atoms with Crippen molar-refractivity contribution in [3.05, 3.63) is 28.8 Å². The Balaban J connectivity index is 2.77. The first-order chi connectivity index (χ1) is 7.95. The quantitative estimate of drug-likeness (QED) is 0.896. The highest BCUT2D eigenvalue weighted by molar-refractivity contribution is 6.31. The summed E-state index contributed by atoms with van der Waals surface area (Å²) in [7, 11) is 3.80. The summed E-state index contributed by atoms with van der Waals surface area (Å²) in [6.45, 7) is 3.93. The van der Waals surface area contributed by atoms with E-state index in [-0.39, 0.29) is 11.9 Å². The molecule has 0 saturated carbocycles. The van der Waals surface area contributed by atoms with Crippen LogP contribution in [0.15, 0.2) is 18.2 Å². The standard InChI is InChI=1S/C13H19ClN2O/c1-5-12(16(3)4)13(17)15-10-7-6-9(2)11(14)8-10/h6-8,12H,5H2,1-4H3,(H,15,17)/t12-/m1/s1. The molecule has 1 aromatic carbocycles. The molecule has 0 saturated heterocycles. The zero-order chi connectivity index (χ0) is 13.0. The van der Waals surface area contributed by atoms with E-state index >= 15 is 0 Å². The molecule has 0 heterocycles. The fourth-order valence-corrected chi connectivity index (χ4v) is 1.86. The number of halogens is 1. The molecule has 0 aromatic heterocycles. The van der Waals surface area contributed by atoms with Crippen molar-refractivity contribution < 1.29 is 4.79 Å². The van der Waals surface area contributed by atoms with E-state index in [0.29, 0.717) is 5.02 Å². The second-order valence-electron chi connectivity index (χ2n) is 4.34. The van der Waals surface area contributed by atoms with Crippen LogP contribution in [0.5, 0.6) is 0 Å². The number of likely N-dealkylation sites (N-methyl/N-ethyl adjacent to an activating group) is 1. The molecule has 4 heteroatoms. The van der Waals surface area contributed by atoms with Crippen LogP contribution in [0, 0.1) is 6.92 Å². The Labute approximate surface area is 108 Å². The zero-order valence-electron chi connectivity index (χ0n) is 10.7. The number of nitrogens with zero attached hydrogens (tertiary/aromatic N) is 1. The highest BCUT2D eigenvalue weighted by Crippen LogP contribution is 2.20. The normalized spacial score (nSPS) is 12.6. The van der Waals surface area contributed by atoms with Gasteiger partial charge >= 0.3 is 0 Å². The Morgan fingerprint density at radius 2 is 2.12 bits per heavy atom. The van der Waals surface area contributed by atoms with Gasteiger partial charge in [-0.15, -0.1) is 0 Å². The number of carbonyl (C=O) groups is 1. The van der Waals surface area contributed by atoms with Gasteiger partial charge in [-0.05, 0) is 45.1 Å². The fourth-order valence-electron chi connectivity index (χ4n) is 1.68. The van der Waals surface area contributed by atoms with Crippen molar-refractivity contribution >= 4 is 23.2 Å². The lowest BCUT2D eigenvalue weighted by Gasteiger charge is -2.21. The average Bonchev–Trinajstić information content (AvgIpc) is 2.24. The van der Waals surface area contributed by atoms with E-state index in [1.54, 1.807) is 6.07 Å². The molecule has 94 valence electrons. The summed E-state index contributed by atoms with van der Waals surface area (Å²) in [5.41, 5.74) is 1.75. The van der Waals surface area contributed by atoms with E-state index in [0.717, 1.165) is 17.7 Å². The lowest BCUT2D eigenvalue weighted by Crippen LogP contribution is -2.39. The van der Waals surface area contributed by atoms with Crippen molar-refractivity contribution in [2.75, 3.05) is 19.4 Å². The topological polar surface area (TPSA) is 32.3 Å². The van der Waals surface area contributed by atoms with Gasteiger partial charge in [-0.2, -0.15) is 0 Å². The van der Waals surface area contributed by atoms with Crippen LogP contribution in [0.2, 0.25) is 5.02 Å². The highest BCUT2D eigenvalue weighted by Gasteiger charge is 2.18. The minimum absolute atomic E-state index is 0.00239. The minimum atomic E-state index is -0.116. The van der Waals surface area contributed by atoms with Crippen LogP contribution in [-0.4, -0.2) is 30.9 Å². The lowest BCUT2D eigenvalue weighted by atomic mass is 10.1. The summed E-state index contributed by atoms with van der Waals surface area (Å²) >= 11 is 6.01. The summed E-state index contributed by atoms with van der Waals surface area (Å²) in [5.74, 6) is -0.00239. The lowest BCUT2D eigenvalue weighted by molar-refractivity contribution is -0.120. The molecule has 0 radical (unpaired) electrons. The highest BCUT2D eigenvalue weighted by atomic mass is 35.5. The second-order valence-corrected chi connectivity index (χ2v) is 4.75. The fraction of sp³-hybridized carbons (Fsp3) is 0.462. The van der Waals surface area contributed by atoms with Crippen LogP contribution < -0.4 is 5.32 Å². The molecule has 0 aliphatic heterocycles. The van der Waals surface area contributed by atoms with Crippen molar-refractivity contribution in [1.29, 1.82) is 0 Å². The van der Waals surface area contributed by atoms with Gasteiger partial charge in [-0.25, -0.2) is 0 Å². The van der Waals surface area contributed by atoms with E-state index in [2.05, 4.69) is 5.32 Å². The van der Waals surface area contributed by atoms with E-state index in [1.165, 1.54) is 0 Å². The Kier molecular flexibility index (Phi) is 4.97. The van der Waals surface area contributed by atoms with Gasteiger partial charge in [0.15, 0.2) is 0 Å². The van der Waals surface area contributed by atoms with Crippen LogP contribution >= 0.6 is 11.6 Å². The van der Waals surface area contributed by atoms with Crippen LogP contribution in [0.3, 0.4) is 0 Å². The molecule has 0 aliphatic carbocycles. The first-order valence-corrected chi connectivity index (χ1v) is 6.07. The Bertz CT molecular complexity index is 404. The Morgan fingerprint density at radius 1 is 1.47 bits per heavy atom. The number of rotatable bonds is 4. The molecule has 17 heavy (non-hydrogen) atoms. The van der Waals surface area contributed by atoms with Crippen molar-refractivity contribution in [1.82, 2.24) is 4.90 Å². The number of hydrogen-bond acceptors (Lipinski definition) is 2. The molecule has 0 bridgehead atoms. The monoisotopic (exact) mass is 254 g/mol. The van der Waals surface area contributed by atoms with Gasteiger partial charge in [0.05, 0.1) is 6.04 Å². The van der Waals surface area contributed by atoms with Crippen LogP contribution in [0.4, 0.5) is 5.69 Å². The molecule has 0 unspecified atom stereocenters. The number of aryl methyl sites for hydroxylation is 1. The third-order valence-corrected chi connectivity index (χ3v) is 3.16. The molecule has 3 nitrogen and oxygen atoms in total. The van der Waals surface area contributed by atoms with E-state index < -0.39 is 0 Å². The maximum atomic E-state index is 12.0. The zero-order valence-corrected chi connectivity index (χ0v) is 11.5. The van der Waals surface area contributed by atoms with Gasteiger partial charge in [0.2, 0.25) is 5.91 Å². The van der Waals surface area contributed by atoms with Gasteiger partial charge < -0.3 is 5.32 Å². The number of benzene rings is 1. The molecule has 1 aromatic rings. The molecule has 1 rings (SSSR count). The summed E-state index contributed by atoms with van der Waals surface area (Å²) in [4.78, 5) is 13.9. The minimum Gasteiger partial charge on any atom is -0.325 e. The largest absolute Gasteiger partial charge is 0.325 e. The van der Waals surface area contributed by atoms with Crippen LogP contribution in [0.1, 0.15) is 18.9 Å². The first kappa shape index (κ1) is 14.0. The molecule has 1 amide bonds. The molecule has 1 N–H and O–H groups in total. The molecular weight excluding hydrogens is 236 g/mol. The van der Waals surface area contributed by atoms with Crippen molar-refractivity contribution in [2.45, 2.75) is 26.3 Å². The number of carbonyl (C=O) groups excluding carboxylic acids is 1. The van der Waals surface area contributed by atoms with Crippen molar-refractivity contribution in [3.8, 4) is 0 Å². The Hall–Kier alpha value is -1.06. The third kappa shape index (κ3) is 3.72. The van der Waals surface area contributed by atoms with E-state index in [1.807, 2.05) is 45.0 Å². The molecule has 0 spiro atoms. The summed E-state index contributed by atoms with van der Waals surface area (Å²) in [6, 6.07) is 5.42.